The molecule has 0 radical (unpaired) electrons. The predicted molar refractivity (Wildman–Crippen MR) is 64.7 cm³/mol. The standard InChI is InChI=1S/C11H10S2/c12-7-2-4-9-3-1-5-11-10(9)6-8-13-11/h1-6,8,12H,7H2. The number of fused-ring (bicyclic) bond motifs is 1. The summed E-state index contributed by atoms with van der Waals surface area (Å²) in [6.45, 7) is 0. The molecule has 1 aromatic heterocycles. The van der Waals surface area contributed by atoms with Crippen LogP contribution in [0.3, 0.4) is 0 Å². The predicted octanol–water partition coefficient (Wildman–Crippen LogP) is 3.84. The van der Waals surface area contributed by atoms with E-state index in [0.717, 1.165) is 5.75 Å². The molecule has 0 N–H and O–H groups in total. The van der Waals surface area contributed by atoms with E-state index < -0.39 is 0 Å². The maximum atomic E-state index is 4.15. The van der Waals surface area contributed by atoms with Crippen LogP contribution in [0.1, 0.15) is 5.56 Å². The lowest BCUT2D eigenvalue weighted by atomic mass is 10.1. The number of benzene rings is 1. The number of rotatable bonds is 2. The molecular formula is C11H10S2. The number of hydrogen-bond donors (Lipinski definition) is 1. The first-order chi connectivity index (χ1) is 6.42. The van der Waals surface area contributed by atoms with E-state index in [0.29, 0.717) is 0 Å². The van der Waals surface area contributed by atoms with Crippen molar-refractivity contribution in [2.45, 2.75) is 0 Å². The van der Waals surface area contributed by atoms with E-state index in [9.17, 15) is 0 Å². The highest BCUT2D eigenvalue weighted by Gasteiger charge is 1.97. The first-order valence-electron chi connectivity index (χ1n) is 4.15. The fourth-order valence-electron chi connectivity index (χ4n) is 1.34. The average Bonchev–Trinajstić information content (AvgIpc) is 2.62. The van der Waals surface area contributed by atoms with Crippen molar-refractivity contribution in [3.05, 3.63) is 41.3 Å². The summed E-state index contributed by atoms with van der Waals surface area (Å²) in [5, 5.41) is 3.47. The van der Waals surface area contributed by atoms with Gasteiger partial charge >= 0.3 is 0 Å². The lowest BCUT2D eigenvalue weighted by Crippen LogP contribution is -1.72. The summed E-state index contributed by atoms with van der Waals surface area (Å²) in [6.07, 6.45) is 4.19. The van der Waals surface area contributed by atoms with Crippen LogP contribution in [0, 0.1) is 0 Å². The van der Waals surface area contributed by atoms with Gasteiger partial charge in [-0.2, -0.15) is 12.6 Å². The molecule has 66 valence electrons. The van der Waals surface area contributed by atoms with Crippen molar-refractivity contribution in [3.63, 3.8) is 0 Å². The molecule has 2 aromatic rings. The van der Waals surface area contributed by atoms with E-state index in [1.807, 2.05) is 0 Å². The maximum absolute atomic E-state index is 4.15. The number of thiol groups is 1. The van der Waals surface area contributed by atoms with Gasteiger partial charge in [0, 0.05) is 10.5 Å². The zero-order valence-electron chi connectivity index (χ0n) is 7.10. The lowest BCUT2D eigenvalue weighted by Gasteiger charge is -1.95. The van der Waals surface area contributed by atoms with Crippen LogP contribution in [0.4, 0.5) is 0 Å². The topological polar surface area (TPSA) is 0 Å². The minimum absolute atomic E-state index is 0.792. The van der Waals surface area contributed by atoms with E-state index in [1.54, 1.807) is 11.3 Å². The normalized spacial score (nSPS) is 11.5. The van der Waals surface area contributed by atoms with Crippen molar-refractivity contribution in [1.29, 1.82) is 0 Å². The van der Waals surface area contributed by atoms with Crippen LogP contribution in [-0.4, -0.2) is 5.75 Å². The Morgan fingerprint density at radius 1 is 1.31 bits per heavy atom. The Morgan fingerprint density at radius 2 is 2.23 bits per heavy atom. The van der Waals surface area contributed by atoms with Gasteiger partial charge in [0.2, 0.25) is 0 Å². The van der Waals surface area contributed by atoms with Gasteiger partial charge in [-0.15, -0.1) is 11.3 Å². The molecule has 0 saturated heterocycles. The molecule has 0 aliphatic heterocycles. The van der Waals surface area contributed by atoms with Gasteiger partial charge in [0.15, 0.2) is 0 Å². The van der Waals surface area contributed by atoms with Crippen LogP contribution in [0.5, 0.6) is 0 Å². The highest BCUT2D eigenvalue weighted by Crippen LogP contribution is 2.24. The smallest absolute Gasteiger partial charge is 0.0348 e. The summed E-state index contributed by atoms with van der Waals surface area (Å²) in [6, 6.07) is 8.54. The van der Waals surface area contributed by atoms with Crippen LogP contribution in [0.2, 0.25) is 0 Å². The van der Waals surface area contributed by atoms with Crippen LogP contribution < -0.4 is 0 Å². The highest BCUT2D eigenvalue weighted by molar-refractivity contribution is 7.80. The third-order valence-corrected chi connectivity index (χ3v) is 3.03. The van der Waals surface area contributed by atoms with Crippen molar-refractivity contribution >= 4 is 40.1 Å². The van der Waals surface area contributed by atoms with Gasteiger partial charge in [-0.1, -0.05) is 24.3 Å². The fraction of sp³-hybridized carbons (Fsp3) is 0.0909. The molecule has 1 aromatic carbocycles. The summed E-state index contributed by atoms with van der Waals surface area (Å²) < 4.78 is 1.35. The number of hydrogen-bond acceptors (Lipinski definition) is 2. The zero-order chi connectivity index (χ0) is 9.10. The van der Waals surface area contributed by atoms with Crippen LogP contribution in [-0.2, 0) is 0 Å². The summed E-state index contributed by atoms with van der Waals surface area (Å²) in [4.78, 5) is 0. The first kappa shape index (κ1) is 8.85. The van der Waals surface area contributed by atoms with Gasteiger partial charge in [-0.3, -0.25) is 0 Å². The molecule has 0 bridgehead atoms. The van der Waals surface area contributed by atoms with Gasteiger partial charge in [0.25, 0.3) is 0 Å². The molecule has 0 fully saturated rings. The Balaban J connectivity index is 2.54. The van der Waals surface area contributed by atoms with Gasteiger partial charge in [-0.25, -0.2) is 0 Å². The van der Waals surface area contributed by atoms with Gasteiger partial charge < -0.3 is 0 Å². The van der Waals surface area contributed by atoms with Crippen molar-refractivity contribution in [2.75, 3.05) is 5.75 Å². The molecule has 2 rings (SSSR count). The molecule has 0 amide bonds. The summed E-state index contributed by atoms with van der Waals surface area (Å²) in [7, 11) is 0. The second-order valence-corrected chi connectivity index (χ2v) is 4.08. The quantitative estimate of drug-likeness (QED) is 0.709. The molecule has 0 unspecified atom stereocenters. The summed E-state index contributed by atoms with van der Waals surface area (Å²) in [5.74, 6) is 0.792. The first-order valence-corrected chi connectivity index (χ1v) is 5.66. The second-order valence-electron chi connectivity index (χ2n) is 2.76. The highest BCUT2D eigenvalue weighted by atomic mass is 32.1. The molecular weight excluding hydrogens is 196 g/mol. The van der Waals surface area contributed by atoms with E-state index >= 15 is 0 Å². The Hall–Kier alpha value is -0.730. The van der Waals surface area contributed by atoms with E-state index in [1.165, 1.54) is 15.6 Å². The van der Waals surface area contributed by atoms with Crippen molar-refractivity contribution in [3.8, 4) is 0 Å². The van der Waals surface area contributed by atoms with Gasteiger partial charge in [0.05, 0.1) is 0 Å². The molecule has 13 heavy (non-hydrogen) atoms. The SMILES string of the molecule is SCC=Cc1cccc2sccc12. The molecule has 0 spiro atoms. The van der Waals surface area contributed by atoms with E-state index in [-0.39, 0.29) is 0 Å². The Kier molecular flexibility index (Phi) is 2.71. The number of thiophene rings is 1. The Morgan fingerprint density at radius 3 is 3.08 bits per heavy atom. The van der Waals surface area contributed by atoms with E-state index in [2.05, 4.69) is 54.4 Å². The van der Waals surface area contributed by atoms with Crippen LogP contribution in [0.25, 0.3) is 16.2 Å². The van der Waals surface area contributed by atoms with Gasteiger partial charge in [-0.05, 0) is 28.5 Å². The minimum atomic E-state index is 0.792. The second kappa shape index (κ2) is 3.99. The largest absolute Gasteiger partial charge is 0.175 e. The van der Waals surface area contributed by atoms with Crippen molar-refractivity contribution in [1.82, 2.24) is 0 Å². The lowest BCUT2D eigenvalue weighted by molar-refractivity contribution is 1.75. The summed E-state index contributed by atoms with van der Waals surface area (Å²) >= 11 is 5.93. The van der Waals surface area contributed by atoms with Crippen LogP contribution in [0.15, 0.2) is 35.7 Å². The molecule has 2 heteroatoms. The average molecular weight is 206 g/mol. The third kappa shape index (κ3) is 1.79. The molecule has 0 nitrogen and oxygen atoms in total. The molecule has 1 heterocycles. The fourth-order valence-corrected chi connectivity index (χ4v) is 2.27. The monoisotopic (exact) mass is 206 g/mol. The Labute approximate surface area is 87.3 Å². The summed E-state index contributed by atoms with van der Waals surface area (Å²) in [5.41, 5.74) is 1.28. The third-order valence-electron chi connectivity index (χ3n) is 1.93. The van der Waals surface area contributed by atoms with Crippen LogP contribution >= 0.6 is 24.0 Å². The Bertz CT molecular complexity index is 426. The van der Waals surface area contributed by atoms with Gasteiger partial charge in [0.1, 0.15) is 0 Å². The van der Waals surface area contributed by atoms with Crippen molar-refractivity contribution < 1.29 is 0 Å². The molecule has 0 saturated carbocycles. The maximum Gasteiger partial charge on any atom is 0.0348 e. The minimum Gasteiger partial charge on any atom is -0.175 e. The molecule has 0 atom stereocenters. The molecule has 0 aliphatic rings. The van der Waals surface area contributed by atoms with Crippen molar-refractivity contribution in [2.24, 2.45) is 0 Å². The zero-order valence-corrected chi connectivity index (χ0v) is 8.81. The van der Waals surface area contributed by atoms with E-state index in [4.69, 9.17) is 0 Å². The molecule has 0 aliphatic carbocycles.